The summed E-state index contributed by atoms with van der Waals surface area (Å²) < 4.78 is 0. The summed E-state index contributed by atoms with van der Waals surface area (Å²) in [5.74, 6) is -0.391. The van der Waals surface area contributed by atoms with Gasteiger partial charge in [0.1, 0.15) is 0 Å². The summed E-state index contributed by atoms with van der Waals surface area (Å²) in [5, 5.41) is 18.7. The van der Waals surface area contributed by atoms with E-state index in [1.165, 1.54) is 24.8 Å². The second-order valence-electron chi connectivity index (χ2n) is 9.50. The molecule has 1 atom stereocenters. The van der Waals surface area contributed by atoms with Crippen molar-refractivity contribution in [3.63, 3.8) is 0 Å². The van der Waals surface area contributed by atoms with Gasteiger partial charge in [-0.2, -0.15) is 0 Å². The third-order valence-corrected chi connectivity index (χ3v) is 7.37. The van der Waals surface area contributed by atoms with Gasteiger partial charge in [-0.05, 0) is 92.0 Å². The number of allylic oxidation sites excluding steroid dienone is 2. The Morgan fingerprint density at radius 1 is 0.971 bits per heavy atom. The van der Waals surface area contributed by atoms with E-state index < -0.39 is 5.97 Å². The molecule has 0 spiro atoms. The average Bonchev–Trinajstić information content (AvgIpc) is 2.86. The second-order valence-corrected chi connectivity index (χ2v) is 9.93. The summed E-state index contributed by atoms with van der Waals surface area (Å²) in [6.45, 7) is 0. The largest absolute Gasteiger partial charge is 0.478 e. The fourth-order valence-corrected chi connectivity index (χ4v) is 5.34. The first kappa shape index (κ1) is 24.4. The van der Waals surface area contributed by atoms with Crippen molar-refractivity contribution in [2.75, 3.05) is 0 Å². The maximum atomic E-state index is 11.2. The van der Waals surface area contributed by atoms with E-state index >= 15 is 0 Å². The van der Waals surface area contributed by atoms with E-state index in [-0.39, 0.29) is 5.92 Å². The first-order chi connectivity index (χ1) is 16.5. The molecule has 0 heterocycles. The highest BCUT2D eigenvalue weighted by molar-refractivity contribution is 6.30. The number of aromatic carboxylic acids is 1. The van der Waals surface area contributed by atoms with Crippen molar-refractivity contribution in [3.05, 3.63) is 76.3 Å². The Morgan fingerprint density at radius 2 is 1.65 bits per heavy atom. The van der Waals surface area contributed by atoms with Crippen LogP contribution in [0.5, 0.6) is 0 Å². The average molecular weight is 477 g/mol. The molecule has 4 nitrogen and oxygen atoms in total. The highest BCUT2D eigenvalue weighted by atomic mass is 35.5. The van der Waals surface area contributed by atoms with Crippen LogP contribution in [0, 0.1) is 17.2 Å². The highest BCUT2D eigenvalue weighted by Crippen LogP contribution is 2.36. The Hall–Kier alpha value is -2.72. The van der Waals surface area contributed by atoms with Crippen LogP contribution in [0.2, 0.25) is 5.02 Å². The van der Waals surface area contributed by atoms with Crippen molar-refractivity contribution in [2.45, 2.75) is 64.2 Å². The molecule has 2 fully saturated rings. The molecule has 34 heavy (non-hydrogen) atoms. The van der Waals surface area contributed by atoms with E-state index in [9.17, 15) is 9.90 Å². The lowest BCUT2D eigenvalue weighted by Gasteiger charge is -2.31. The van der Waals surface area contributed by atoms with Gasteiger partial charge in [0.15, 0.2) is 0 Å². The van der Waals surface area contributed by atoms with Crippen LogP contribution < -0.4 is 0 Å². The van der Waals surface area contributed by atoms with Gasteiger partial charge in [0.05, 0.1) is 17.0 Å². The number of benzene rings is 2. The number of rotatable bonds is 7. The predicted octanol–water partition coefficient (Wildman–Crippen LogP) is 8.07. The van der Waals surface area contributed by atoms with Crippen LogP contribution in [0.4, 0.5) is 5.69 Å². The van der Waals surface area contributed by atoms with Crippen molar-refractivity contribution in [3.8, 4) is 0 Å². The van der Waals surface area contributed by atoms with Gasteiger partial charge in [0, 0.05) is 16.7 Å². The van der Waals surface area contributed by atoms with Crippen LogP contribution in [0.25, 0.3) is 0 Å². The molecular formula is C29H33ClN2O2. The van der Waals surface area contributed by atoms with Crippen molar-refractivity contribution >= 4 is 34.7 Å². The summed E-state index contributed by atoms with van der Waals surface area (Å²) in [6, 6.07) is 14.8. The number of carbonyl (C=O) groups is 1. The van der Waals surface area contributed by atoms with Gasteiger partial charge in [-0.25, -0.2) is 4.79 Å². The van der Waals surface area contributed by atoms with Crippen LogP contribution in [0.1, 0.15) is 73.7 Å². The Kier molecular flexibility index (Phi) is 8.34. The van der Waals surface area contributed by atoms with Crippen LogP contribution in [-0.4, -0.2) is 22.5 Å². The number of hydrogen-bond acceptors (Lipinski definition) is 3. The van der Waals surface area contributed by atoms with E-state index in [2.05, 4.69) is 6.08 Å². The van der Waals surface area contributed by atoms with Gasteiger partial charge >= 0.3 is 5.97 Å². The minimum absolute atomic E-state index is 0.0620. The lowest BCUT2D eigenvalue weighted by atomic mass is 9.74. The predicted molar refractivity (Wildman–Crippen MR) is 140 cm³/mol. The minimum atomic E-state index is -0.904. The van der Waals surface area contributed by atoms with Crippen LogP contribution in [-0.2, 0) is 6.42 Å². The molecule has 0 bridgehead atoms. The van der Waals surface area contributed by atoms with Crippen molar-refractivity contribution in [1.82, 2.24) is 0 Å². The number of nitrogens with zero attached hydrogens (tertiary/aromatic N) is 1. The first-order valence-electron chi connectivity index (χ1n) is 12.5. The number of halogens is 1. The van der Waals surface area contributed by atoms with Crippen molar-refractivity contribution < 1.29 is 9.90 Å². The molecule has 0 saturated heterocycles. The normalized spacial score (nSPS) is 20.4. The third kappa shape index (κ3) is 6.24. The summed E-state index contributed by atoms with van der Waals surface area (Å²) in [7, 11) is 0. The van der Waals surface area contributed by atoms with Crippen molar-refractivity contribution in [2.24, 2.45) is 16.8 Å². The second kappa shape index (κ2) is 11.6. The molecule has 5 heteroatoms. The molecule has 2 aromatic carbocycles. The molecule has 4 rings (SSSR count). The van der Waals surface area contributed by atoms with E-state index in [1.54, 1.807) is 12.1 Å². The lowest BCUT2D eigenvalue weighted by molar-refractivity contribution is 0.0697. The SMILES string of the molecule is N=C1CCCCC1C(=Nc1ccc(Cl)cc1)/C(=C/Cc1ccc(C(=O)O)cc1)C1CCCCC1. The van der Waals surface area contributed by atoms with Gasteiger partial charge in [0.25, 0.3) is 0 Å². The van der Waals surface area contributed by atoms with Gasteiger partial charge < -0.3 is 10.5 Å². The molecule has 0 amide bonds. The standard InChI is InChI=1S/C29H33ClN2O2/c30-23-15-17-24(18-16-23)32-28(26-8-4-5-9-27(26)31)25(21-6-2-1-3-7-21)19-12-20-10-13-22(14-11-20)29(33)34/h10-11,13-19,21,26,31H,1-9,12H2,(H,33,34)/b25-19+,31-27?,32-28?. The smallest absolute Gasteiger partial charge is 0.335 e. The Labute approximate surface area is 207 Å². The molecular weight excluding hydrogens is 444 g/mol. The number of nitrogens with one attached hydrogen (secondary N) is 1. The third-order valence-electron chi connectivity index (χ3n) is 7.12. The minimum Gasteiger partial charge on any atom is -0.478 e. The lowest BCUT2D eigenvalue weighted by Crippen LogP contribution is -2.31. The molecule has 2 N–H and O–H groups in total. The number of hydrogen-bond donors (Lipinski definition) is 2. The van der Waals surface area contributed by atoms with Gasteiger partial charge in [-0.3, -0.25) is 4.99 Å². The first-order valence-corrected chi connectivity index (χ1v) is 12.8. The van der Waals surface area contributed by atoms with Crippen LogP contribution in [0.15, 0.2) is 65.2 Å². The van der Waals surface area contributed by atoms with Gasteiger partial charge in [-0.15, -0.1) is 0 Å². The number of carboxylic acids is 1. The molecule has 0 radical (unpaired) electrons. The van der Waals surface area contributed by atoms with Crippen LogP contribution >= 0.6 is 11.6 Å². The molecule has 2 aliphatic carbocycles. The van der Waals surface area contributed by atoms with Crippen molar-refractivity contribution in [1.29, 1.82) is 5.41 Å². The zero-order valence-corrected chi connectivity index (χ0v) is 20.4. The zero-order chi connectivity index (χ0) is 23.9. The van der Waals surface area contributed by atoms with Crippen LogP contribution in [0.3, 0.4) is 0 Å². The quantitative estimate of drug-likeness (QED) is 0.396. The zero-order valence-electron chi connectivity index (χ0n) is 19.6. The summed E-state index contributed by atoms with van der Waals surface area (Å²) in [6.07, 6.45) is 13.1. The summed E-state index contributed by atoms with van der Waals surface area (Å²) in [4.78, 5) is 16.4. The molecule has 2 aromatic rings. The molecule has 2 saturated carbocycles. The fourth-order valence-electron chi connectivity index (χ4n) is 5.22. The fraction of sp³-hybridized carbons (Fsp3) is 0.414. The van der Waals surface area contributed by atoms with E-state index in [4.69, 9.17) is 22.0 Å². The monoisotopic (exact) mass is 476 g/mol. The maximum absolute atomic E-state index is 11.2. The Morgan fingerprint density at radius 3 is 2.29 bits per heavy atom. The Balaban J connectivity index is 1.73. The van der Waals surface area contributed by atoms with E-state index in [0.29, 0.717) is 16.5 Å². The van der Waals surface area contributed by atoms with Gasteiger partial charge in [0.2, 0.25) is 0 Å². The Bertz CT molecular complexity index is 1060. The highest BCUT2D eigenvalue weighted by Gasteiger charge is 2.30. The summed E-state index contributed by atoms with van der Waals surface area (Å²) in [5.41, 5.74) is 5.41. The number of carboxylic acid groups (broad SMARTS) is 1. The number of aliphatic imine (C=N–C) groups is 1. The molecule has 1 unspecified atom stereocenters. The summed E-state index contributed by atoms with van der Waals surface area (Å²) >= 11 is 6.12. The molecule has 178 valence electrons. The molecule has 0 aliphatic heterocycles. The van der Waals surface area contributed by atoms with E-state index in [0.717, 1.165) is 67.6 Å². The molecule has 2 aliphatic rings. The maximum Gasteiger partial charge on any atom is 0.335 e. The van der Waals surface area contributed by atoms with E-state index in [1.807, 2.05) is 36.4 Å². The topological polar surface area (TPSA) is 73.5 Å². The van der Waals surface area contributed by atoms with Gasteiger partial charge in [-0.1, -0.05) is 55.5 Å². The molecule has 0 aromatic heterocycles.